The van der Waals surface area contributed by atoms with Crippen molar-refractivity contribution in [1.82, 2.24) is 0 Å². The summed E-state index contributed by atoms with van der Waals surface area (Å²) in [6.07, 6.45) is -0.785. The molecule has 1 aliphatic heterocycles. The molecule has 146 valence electrons. The summed E-state index contributed by atoms with van der Waals surface area (Å²) in [5.41, 5.74) is -0.153. The van der Waals surface area contributed by atoms with Crippen LogP contribution in [0.25, 0.3) is 0 Å². The third-order valence-electron chi connectivity index (χ3n) is 3.86. The molecule has 6 nitrogen and oxygen atoms in total. The van der Waals surface area contributed by atoms with Crippen molar-refractivity contribution < 1.29 is 28.9 Å². The van der Waals surface area contributed by atoms with Gasteiger partial charge in [-0.05, 0) is 0 Å². The van der Waals surface area contributed by atoms with Gasteiger partial charge in [0, 0.05) is 10.8 Å². The van der Waals surface area contributed by atoms with Crippen molar-refractivity contribution in [3.63, 3.8) is 0 Å². The van der Waals surface area contributed by atoms with Gasteiger partial charge in [0.1, 0.15) is 13.2 Å². The minimum Gasteiger partial charge on any atom is -0.484 e. The summed E-state index contributed by atoms with van der Waals surface area (Å²) in [5, 5.41) is 8.61. The number of carboxylic acid groups (broad SMARTS) is 1. The average Bonchev–Trinajstić information content (AvgIpc) is 2.89. The number of ether oxygens (including phenoxy) is 3. The van der Waals surface area contributed by atoms with E-state index in [4.69, 9.17) is 19.3 Å². The van der Waals surface area contributed by atoms with E-state index in [1.807, 2.05) is 0 Å². The van der Waals surface area contributed by atoms with E-state index in [9.17, 15) is 9.59 Å². The maximum atomic E-state index is 11.6. The molecule has 0 radical (unpaired) electrons. The van der Waals surface area contributed by atoms with E-state index in [2.05, 4.69) is 41.5 Å². The first-order valence-electron chi connectivity index (χ1n) is 8.74. The smallest absolute Gasteiger partial charge is 0.306 e. The Bertz CT molecular complexity index is 677. The molecule has 1 aromatic rings. The van der Waals surface area contributed by atoms with Crippen LogP contribution in [0.3, 0.4) is 0 Å². The molecule has 0 bridgehead atoms. The van der Waals surface area contributed by atoms with E-state index >= 15 is 0 Å². The molecule has 1 unspecified atom stereocenters. The number of carbonyl (C=O) groups is 2. The van der Waals surface area contributed by atoms with Gasteiger partial charge in [0.05, 0.1) is 22.6 Å². The minimum atomic E-state index is -1.02. The number of fused-ring (bicyclic) bond motifs is 1. The van der Waals surface area contributed by atoms with Crippen molar-refractivity contribution in [2.75, 3.05) is 13.2 Å². The standard InChI is InChI=1S/C19H28O6S/c1-18(2,3)16-14-15(17(26-16)19(4,5)6)25-11(10-24-14)9-23-13(22)8-7-12(20)21/h11H,7-10H2,1-6H3,(H,20,21). The monoisotopic (exact) mass is 384 g/mol. The molecule has 0 fully saturated rings. The number of esters is 1. The fourth-order valence-corrected chi connectivity index (χ4v) is 3.85. The molecule has 2 rings (SSSR count). The molecule has 1 atom stereocenters. The van der Waals surface area contributed by atoms with Crippen LogP contribution in [0, 0.1) is 0 Å². The van der Waals surface area contributed by atoms with Gasteiger partial charge < -0.3 is 19.3 Å². The van der Waals surface area contributed by atoms with Crippen LogP contribution in [0.2, 0.25) is 0 Å². The van der Waals surface area contributed by atoms with Gasteiger partial charge >= 0.3 is 11.9 Å². The first-order chi connectivity index (χ1) is 11.9. The van der Waals surface area contributed by atoms with Crippen LogP contribution in [-0.4, -0.2) is 36.4 Å². The fourth-order valence-electron chi connectivity index (χ4n) is 2.55. The fraction of sp³-hybridized carbons (Fsp3) is 0.684. The van der Waals surface area contributed by atoms with Crippen molar-refractivity contribution in [3.8, 4) is 11.5 Å². The highest BCUT2D eigenvalue weighted by molar-refractivity contribution is 7.13. The van der Waals surface area contributed by atoms with Crippen molar-refractivity contribution in [3.05, 3.63) is 9.75 Å². The Morgan fingerprint density at radius 1 is 1.08 bits per heavy atom. The van der Waals surface area contributed by atoms with Crippen LogP contribution in [-0.2, 0) is 25.2 Å². The van der Waals surface area contributed by atoms with E-state index in [0.717, 1.165) is 21.3 Å². The third kappa shape index (κ3) is 4.90. The lowest BCUT2D eigenvalue weighted by Crippen LogP contribution is -2.35. The molecule has 7 heteroatoms. The van der Waals surface area contributed by atoms with Gasteiger partial charge in [0.15, 0.2) is 17.6 Å². The molecule has 0 aromatic carbocycles. The summed E-state index contributed by atoms with van der Waals surface area (Å²) < 4.78 is 17.3. The predicted octanol–water partition coefficient (Wildman–Crippen LogP) is 3.89. The van der Waals surface area contributed by atoms with Crippen LogP contribution >= 0.6 is 11.3 Å². The van der Waals surface area contributed by atoms with E-state index in [1.54, 1.807) is 11.3 Å². The zero-order chi connectivity index (χ0) is 19.7. The van der Waals surface area contributed by atoms with Crippen molar-refractivity contribution >= 4 is 23.3 Å². The SMILES string of the molecule is CC(C)(C)c1sc(C(C)(C)C)c2c1OCC(COC(=O)CCC(=O)O)O2. The number of hydrogen-bond acceptors (Lipinski definition) is 6. The topological polar surface area (TPSA) is 82.1 Å². The number of carbonyl (C=O) groups excluding carboxylic acids is 1. The number of rotatable bonds is 5. The summed E-state index contributed by atoms with van der Waals surface area (Å²) >= 11 is 1.70. The molecule has 0 saturated heterocycles. The lowest BCUT2D eigenvalue weighted by Gasteiger charge is -2.28. The highest BCUT2D eigenvalue weighted by Gasteiger charge is 2.37. The van der Waals surface area contributed by atoms with Crippen LogP contribution in [0.4, 0.5) is 0 Å². The number of carboxylic acids is 1. The Kier molecular flexibility index (Phi) is 5.90. The summed E-state index contributed by atoms with van der Waals surface area (Å²) in [5.74, 6) is -0.0312. The summed E-state index contributed by atoms with van der Waals surface area (Å²) in [4.78, 5) is 24.4. The van der Waals surface area contributed by atoms with Gasteiger partial charge in [-0.15, -0.1) is 11.3 Å². The van der Waals surface area contributed by atoms with E-state index < -0.39 is 18.0 Å². The molecule has 0 aliphatic carbocycles. The lowest BCUT2D eigenvalue weighted by molar-refractivity contribution is -0.150. The highest BCUT2D eigenvalue weighted by atomic mass is 32.1. The Morgan fingerprint density at radius 3 is 2.19 bits per heavy atom. The zero-order valence-corrected chi connectivity index (χ0v) is 17.1. The molecule has 1 aliphatic rings. The van der Waals surface area contributed by atoms with Gasteiger partial charge in [-0.3, -0.25) is 9.59 Å². The molecular formula is C19H28O6S. The Morgan fingerprint density at radius 2 is 1.65 bits per heavy atom. The van der Waals surface area contributed by atoms with Crippen molar-refractivity contribution in [1.29, 1.82) is 0 Å². The first kappa shape index (κ1) is 20.6. The van der Waals surface area contributed by atoms with Crippen LogP contribution in [0.5, 0.6) is 11.5 Å². The van der Waals surface area contributed by atoms with Crippen molar-refractivity contribution in [2.45, 2.75) is 71.3 Å². The maximum absolute atomic E-state index is 11.6. The highest BCUT2D eigenvalue weighted by Crippen LogP contribution is 2.53. The van der Waals surface area contributed by atoms with E-state index in [-0.39, 0.29) is 30.3 Å². The van der Waals surface area contributed by atoms with Gasteiger partial charge in [0.2, 0.25) is 0 Å². The lowest BCUT2D eigenvalue weighted by atomic mass is 9.91. The van der Waals surface area contributed by atoms with Gasteiger partial charge in [0.25, 0.3) is 0 Å². The number of thiophene rings is 1. The van der Waals surface area contributed by atoms with Gasteiger partial charge in [-0.2, -0.15) is 0 Å². The largest absolute Gasteiger partial charge is 0.484 e. The average molecular weight is 384 g/mol. The number of hydrogen-bond donors (Lipinski definition) is 1. The molecule has 2 heterocycles. The summed E-state index contributed by atoms with van der Waals surface area (Å²) in [7, 11) is 0. The van der Waals surface area contributed by atoms with E-state index in [1.165, 1.54) is 0 Å². The zero-order valence-electron chi connectivity index (χ0n) is 16.3. The second-order valence-electron chi connectivity index (χ2n) is 8.55. The quantitative estimate of drug-likeness (QED) is 0.776. The molecule has 26 heavy (non-hydrogen) atoms. The molecule has 0 spiro atoms. The van der Waals surface area contributed by atoms with Crippen LogP contribution in [0.15, 0.2) is 0 Å². The first-order valence-corrected chi connectivity index (χ1v) is 9.56. The Balaban J connectivity index is 2.13. The molecule has 0 saturated carbocycles. The molecule has 1 N–H and O–H groups in total. The minimum absolute atomic E-state index is 0.0438. The van der Waals surface area contributed by atoms with E-state index in [0.29, 0.717) is 6.61 Å². The normalized spacial score (nSPS) is 17.1. The summed E-state index contributed by atoms with van der Waals surface area (Å²) in [6.45, 7) is 13.2. The molecule has 0 amide bonds. The summed E-state index contributed by atoms with van der Waals surface area (Å²) in [6, 6.07) is 0. The van der Waals surface area contributed by atoms with Gasteiger partial charge in [-0.1, -0.05) is 41.5 Å². The maximum Gasteiger partial charge on any atom is 0.306 e. The van der Waals surface area contributed by atoms with Crippen molar-refractivity contribution in [2.24, 2.45) is 0 Å². The second kappa shape index (κ2) is 7.47. The second-order valence-corrected chi connectivity index (χ2v) is 9.57. The van der Waals surface area contributed by atoms with Crippen LogP contribution in [0.1, 0.15) is 64.1 Å². The third-order valence-corrected chi connectivity index (χ3v) is 5.86. The Hall–Kier alpha value is -1.76. The predicted molar refractivity (Wildman–Crippen MR) is 99.5 cm³/mol. The van der Waals surface area contributed by atoms with Crippen LogP contribution < -0.4 is 9.47 Å². The molecular weight excluding hydrogens is 356 g/mol. The molecule has 1 aromatic heterocycles. The number of aliphatic carboxylic acids is 1. The Labute approximate surface area is 158 Å². The van der Waals surface area contributed by atoms with Gasteiger partial charge in [-0.25, -0.2) is 0 Å².